The molecule has 2 aromatic heterocycles. The number of halogens is 1. The average molecular weight is 262 g/mol. The van der Waals surface area contributed by atoms with Crippen LogP contribution in [0, 0.1) is 0 Å². The summed E-state index contributed by atoms with van der Waals surface area (Å²) >= 11 is 5.88. The lowest BCUT2D eigenvalue weighted by Crippen LogP contribution is -1.97. The number of nitrogens with one attached hydrogen (secondary N) is 1. The Morgan fingerprint density at radius 2 is 2.17 bits per heavy atom. The van der Waals surface area contributed by atoms with Crippen LogP contribution in [0.4, 0.5) is 5.95 Å². The first kappa shape index (κ1) is 10.8. The van der Waals surface area contributed by atoms with Crippen LogP contribution in [0.15, 0.2) is 30.5 Å². The summed E-state index contributed by atoms with van der Waals surface area (Å²) in [5, 5.41) is 7.82. The maximum absolute atomic E-state index is 5.88. The van der Waals surface area contributed by atoms with Gasteiger partial charge < -0.3 is 10.5 Å². The van der Waals surface area contributed by atoms with Crippen molar-refractivity contribution in [3.63, 3.8) is 0 Å². The second kappa shape index (κ2) is 4.15. The molecule has 0 bridgehead atoms. The van der Waals surface area contributed by atoms with Crippen molar-refractivity contribution in [1.29, 1.82) is 0 Å². The third-order valence-corrected chi connectivity index (χ3v) is 2.54. The number of nitrogens with two attached hydrogens (primary N) is 1. The van der Waals surface area contributed by atoms with E-state index in [1.807, 2.05) is 0 Å². The van der Waals surface area contributed by atoms with Gasteiger partial charge in [0, 0.05) is 5.02 Å². The van der Waals surface area contributed by atoms with Crippen molar-refractivity contribution in [1.82, 2.24) is 20.2 Å². The molecule has 18 heavy (non-hydrogen) atoms. The molecular formula is C11H8ClN5O. The highest BCUT2D eigenvalue weighted by atomic mass is 35.5. The fourth-order valence-electron chi connectivity index (χ4n) is 1.54. The monoisotopic (exact) mass is 261 g/mol. The SMILES string of the molecule is Nc1nc(Oc2cccc(Cl)c2)c2cn[nH]c2n1. The molecule has 3 aromatic rings. The minimum atomic E-state index is 0.115. The number of fused-ring (bicyclic) bond motifs is 1. The lowest BCUT2D eigenvalue weighted by atomic mass is 10.3. The molecule has 3 N–H and O–H groups in total. The Kier molecular flexibility index (Phi) is 2.49. The van der Waals surface area contributed by atoms with Crippen LogP contribution in [0.5, 0.6) is 11.6 Å². The Labute approximate surface area is 107 Å². The molecule has 0 unspecified atom stereocenters. The average Bonchev–Trinajstić information content (AvgIpc) is 2.77. The summed E-state index contributed by atoms with van der Waals surface area (Å²) < 4.78 is 5.64. The molecule has 0 saturated carbocycles. The molecule has 0 aliphatic carbocycles. The maximum Gasteiger partial charge on any atom is 0.235 e. The van der Waals surface area contributed by atoms with Crippen LogP contribution in [0.25, 0.3) is 11.0 Å². The van der Waals surface area contributed by atoms with E-state index in [1.165, 1.54) is 0 Å². The van der Waals surface area contributed by atoms with E-state index in [-0.39, 0.29) is 5.95 Å². The number of ether oxygens (including phenoxy) is 1. The van der Waals surface area contributed by atoms with Crippen molar-refractivity contribution in [2.24, 2.45) is 0 Å². The lowest BCUT2D eigenvalue weighted by Gasteiger charge is -2.06. The normalized spacial score (nSPS) is 10.7. The number of rotatable bonds is 2. The van der Waals surface area contributed by atoms with Gasteiger partial charge in [-0.3, -0.25) is 5.10 Å². The molecule has 0 aliphatic heterocycles. The van der Waals surface area contributed by atoms with Gasteiger partial charge in [0.25, 0.3) is 0 Å². The molecule has 0 saturated heterocycles. The van der Waals surface area contributed by atoms with E-state index in [1.54, 1.807) is 30.5 Å². The molecule has 1 aromatic carbocycles. The van der Waals surface area contributed by atoms with E-state index in [0.717, 1.165) is 0 Å². The highest BCUT2D eigenvalue weighted by Gasteiger charge is 2.10. The molecule has 90 valence electrons. The Hall–Kier alpha value is -2.34. The minimum absolute atomic E-state index is 0.115. The van der Waals surface area contributed by atoms with Gasteiger partial charge in [-0.2, -0.15) is 15.1 Å². The molecule has 0 spiro atoms. The predicted octanol–water partition coefficient (Wildman–Crippen LogP) is 2.38. The van der Waals surface area contributed by atoms with Gasteiger partial charge in [0.05, 0.1) is 6.20 Å². The van der Waals surface area contributed by atoms with Crippen LogP contribution in [0.2, 0.25) is 5.02 Å². The van der Waals surface area contributed by atoms with Crippen molar-refractivity contribution in [3.8, 4) is 11.6 Å². The van der Waals surface area contributed by atoms with Crippen LogP contribution < -0.4 is 10.5 Å². The summed E-state index contributed by atoms with van der Waals surface area (Å²) in [6.07, 6.45) is 1.58. The van der Waals surface area contributed by atoms with Gasteiger partial charge >= 0.3 is 0 Å². The number of aromatic amines is 1. The van der Waals surface area contributed by atoms with Gasteiger partial charge in [-0.1, -0.05) is 17.7 Å². The summed E-state index contributed by atoms with van der Waals surface area (Å²) in [6, 6.07) is 7.01. The van der Waals surface area contributed by atoms with E-state index < -0.39 is 0 Å². The molecule has 0 fully saturated rings. The first-order chi connectivity index (χ1) is 8.72. The lowest BCUT2D eigenvalue weighted by molar-refractivity contribution is 0.469. The number of benzene rings is 1. The standard InChI is InChI=1S/C11H8ClN5O/c12-6-2-1-3-7(4-6)18-10-8-5-14-17-9(8)15-11(13)16-10/h1-5H,(H3,13,14,15,16,17). The van der Waals surface area contributed by atoms with Gasteiger partial charge in [0.1, 0.15) is 11.1 Å². The maximum atomic E-state index is 5.88. The topological polar surface area (TPSA) is 89.7 Å². The summed E-state index contributed by atoms with van der Waals surface area (Å²) in [5.74, 6) is 1.03. The van der Waals surface area contributed by atoms with Gasteiger partial charge in [0.2, 0.25) is 11.8 Å². The fraction of sp³-hybridized carbons (Fsp3) is 0. The quantitative estimate of drug-likeness (QED) is 0.739. The minimum Gasteiger partial charge on any atom is -0.438 e. The van der Waals surface area contributed by atoms with Gasteiger partial charge in [-0.25, -0.2) is 0 Å². The Morgan fingerprint density at radius 1 is 1.28 bits per heavy atom. The molecule has 0 amide bonds. The van der Waals surface area contributed by atoms with Crippen molar-refractivity contribution in [2.45, 2.75) is 0 Å². The molecular weight excluding hydrogens is 254 g/mol. The summed E-state index contributed by atoms with van der Waals surface area (Å²) in [5.41, 5.74) is 6.12. The van der Waals surface area contributed by atoms with E-state index >= 15 is 0 Å². The summed E-state index contributed by atoms with van der Waals surface area (Å²) in [6.45, 7) is 0. The number of nitrogen functional groups attached to an aromatic ring is 1. The first-order valence-electron chi connectivity index (χ1n) is 5.12. The number of anilines is 1. The second-order valence-electron chi connectivity index (χ2n) is 3.58. The van der Waals surface area contributed by atoms with Crippen LogP contribution in [-0.4, -0.2) is 20.2 Å². The van der Waals surface area contributed by atoms with Crippen LogP contribution >= 0.6 is 11.6 Å². The smallest absolute Gasteiger partial charge is 0.235 e. The molecule has 6 nitrogen and oxygen atoms in total. The first-order valence-corrected chi connectivity index (χ1v) is 5.50. The number of hydrogen-bond donors (Lipinski definition) is 2. The Bertz CT molecular complexity index is 711. The molecule has 7 heteroatoms. The highest BCUT2D eigenvalue weighted by molar-refractivity contribution is 6.30. The van der Waals surface area contributed by atoms with Crippen molar-refractivity contribution in [3.05, 3.63) is 35.5 Å². The summed E-state index contributed by atoms with van der Waals surface area (Å²) in [4.78, 5) is 8.04. The number of H-pyrrole nitrogens is 1. The van der Waals surface area contributed by atoms with E-state index in [4.69, 9.17) is 22.1 Å². The van der Waals surface area contributed by atoms with Crippen molar-refractivity contribution in [2.75, 3.05) is 5.73 Å². The molecule has 3 rings (SSSR count). The summed E-state index contributed by atoms with van der Waals surface area (Å²) in [7, 11) is 0. The number of nitrogens with zero attached hydrogens (tertiary/aromatic N) is 3. The third kappa shape index (κ3) is 1.93. The van der Waals surface area contributed by atoms with E-state index in [9.17, 15) is 0 Å². The number of hydrogen-bond acceptors (Lipinski definition) is 5. The Morgan fingerprint density at radius 3 is 3.00 bits per heavy atom. The van der Waals surface area contributed by atoms with E-state index in [2.05, 4.69) is 20.2 Å². The second-order valence-corrected chi connectivity index (χ2v) is 4.02. The van der Waals surface area contributed by atoms with Gasteiger partial charge in [-0.05, 0) is 18.2 Å². The fourth-order valence-corrected chi connectivity index (χ4v) is 1.73. The highest BCUT2D eigenvalue weighted by Crippen LogP contribution is 2.28. The molecule has 0 atom stereocenters. The van der Waals surface area contributed by atoms with Crippen LogP contribution in [0.1, 0.15) is 0 Å². The van der Waals surface area contributed by atoms with Crippen LogP contribution in [0.3, 0.4) is 0 Å². The van der Waals surface area contributed by atoms with E-state index in [0.29, 0.717) is 27.7 Å². The molecule has 2 heterocycles. The zero-order valence-electron chi connectivity index (χ0n) is 9.09. The molecule has 0 radical (unpaired) electrons. The van der Waals surface area contributed by atoms with Crippen LogP contribution in [-0.2, 0) is 0 Å². The largest absolute Gasteiger partial charge is 0.438 e. The zero-order chi connectivity index (χ0) is 12.5. The molecule has 0 aliphatic rings. The van der Waals surface area contributed by atoms with Crippen molar-refractivity contribution < 1.29 is 4.74 Å². The van der Waals surface area contributed by atoms with Gasteiger partial charge in [-0.15, -0.1) is 0 Å². The zero-order valence-corrected chi connectivity index (χ0v) is 9.85. The third-order valence-electron chi connectivity index (χ3n) is 2.30. The number of aromatic nitrogens is 4. The predicted molar refractivity (Wildman–Crippen MR) is 67.6 cm³/mol. The van der Waals surface area contributed by atoms with Gasteiger partial charge in [0.15, 0.2) is 5.65 Å². The Balaban J connectivity index is 2.06. The van der Waals surface area contributed by atoms with Crippen molar-refractivity contribution >= 4 is 28.6 Å².